The third kappa shape index (κ3) is 7.17. The molecule has 0 aliphatic carbocycles. The summed E-state index contributed by atoms with van der Waals surface area (Å²) in [6.07, 6.45) is 4.76. The van der Waals surface area contributed by atoms with E-state index < -0.39 is 0 Å². The van der Waals surface area contributed by atoms with Crippen molar-refractivity contribution in [3.63, 3.8) is 0 Å². The number of carbonyl (C=O) groups is 2. The molecule has 6 aromatic carbocycles. The maximum atomic E-state index is 13.8. The zero-order valence-corrected chi connectivity index (χ0v) is 28.9. The Balaban J connectivity index is 1.22. The summed E-state index contributed by atoms with van der Waals surface area (Å²) in [5, 5.41) is 8.42. The SMILES string of the molecule is CC(C)CCCCc1ccc2ccc3c(c2c1)-c1c(ccc2ccccc12)CN(CC(=O)Nc1ccc(Cl)cc1C(=O)c1ccccc1)C3. The van der Waals surface area contributed by atoms with Gasteiger partial charge in [0.1, 0.15) is 0 Å². The van der Waals surface area contributed by atoms with E-state index in [9.17, 15) is 9.59 Å². The van der Waals surface area contributed by atoms with Crippen molar-refractivity contribution >= 4 is 50.5 Å². The number of halogens is 1. The lowest BCUT2D eigenvalue weighted by Gasteiger charge is -2.21. The maximum absolute atomic E-state index is 13.8. The molecule has 0 atom stereocenters. The lowest BCUT2D eigenvalue weighted by atomic mass is 9.87. The average Bonchev–Trinajstić information content (AvgIpc) is 3.27. The van der Waals surface area contributed by atoms with E-state index in [1.165, 1.54) is 68.6 Å². The summed E-state index contributed by atoms with van der Waals surface area (Å²) < 4.78 is 0. The van der Waals surface area contributed by atoms with Gasteiger partial charge in [0.25, 0.3) is 0 Å². The number of nitrogens with zero attached hydrogens (tertiary/aromatic N) is 1. The van der Waals surface area contributed by atoms with Crippen LogP contribution in [-0.4, -0.2) is 23.1 Å². The second-order valence-electron chi connectivity index (χ2n) is 13.7. The van der Waals surface area contributed by atoms with Gasteiger partial charge in [-0.3, -0.25) is 14.5 Å². The molecule has 0 fully saturated rings. The van der Waals surface area contributed by atoms with Crippen molar-refractivity contribution in [3.05, 3.63) is 148 Å². The zero-order chi connectivity index (χ0) is 33.9. The molecule has 1 heterocycles. The van der Waals surface area contributed by atoms with E-state index in [1.807, 2.05) is 18.2 Å². The Morgan fingerprint density at radius 3 is 2.16 bits per heavy atom. The van der Waals surface area contributed by atoms with Crippen LogP contribution in [0.15, 0.2) is 115 Å². The van der Waals surface area contributed by atoms with Crippen molar-refractivity contribution in [2.75, 3.05) is 11.9 Å². The van der Waals surface area contributed by atoms with Crippen LogP contribution in [0.1, 0.15) is 65.7 Å². The molecular formula is C44H41ClN2O2. The van der Waals surface area contributed by atoms with Crippen molar-refractivity contribution in [2.45, 2.75) is 52.6 Å². The lowest BCUT2D eigenvalue weighted by Crippen LogP contribution is -2.32. The molecule has 5 heteroatoms. The van der Waals surface area contributed by atoms with Gasteiger partial charge in [-0.05, 0) is 86.3 Å². The number of amides is 1. The normalized spacial score (nSPS) is 12.9. The molecule has 1 aliphatic rings. The fraction of sp³-hybridized carbons (Fsp3) is 0.227. The van der Waals surface area contributed by atoms with Crippen LogP contribution in [0.4, 0.5) is 5.69 Å². The van der Waals surface area contributed by atoms with Crippen molar-refractivity contribution in [1.29, 1.82) is 0 Å². The second kappa shape index (κ2) is 14.4. The Morgan fingerprint density at radius 2 is 1.41 bits per heavy atom. The van der Waals surface area contributed by atoms with E-state index in [4.69, 9.17) is 11.6 Å². The molecule has 0 radical (unpaired) electrons. The molecule has 49 heavy (non-hydrogen) atoms. The molecule has 0 bridgehead atoms. The smallest absolute Gasteiger partial charge is 0.238 e. The topological polar surface area (TPSA) is 49.4 Å². The van der Waals surface area contributed by atoms with Crippen LogP contribution in [0.3, 0.4) is 0 Å². The number of anilines is 1. The van der Waals surface area contributed by atoms with Crippen LogP contribution in [0.25, 0.3) is 32.7 Å². The van der Waals surface area contributed by atoms with Crippen LogP contribution in [0, 0.1) is 5.92 Å². The fourth-order valence-electron chi connectivity index (χ4n) is 7.22. The number of rotatable bonds is 10. The summed E-state index contributed by atoms with van der Waals surface area (Å²) in [7, 11) is 0. The van der Waals surface area contributed by atoms with Crippen LogP contribution < -0.4 is 5.32 Å². The maximum Gasteiger partial charge on any atom is 0.238 e. The van der Waals surface area contributed by atoms with Crippen LogP contribution >= 0.6 is 11.6 Å². The van der Waals surface area contributed by atoms with E-state index in [1.54, 1.807) is 30.3 Å². The highest BCUT2D eigenvalue weighted by Gasteiger charge is 2.25. The molecule has 0 saturated heterocycles. The van der Waals surface area contributed by atoms with Crippen LogP contribution in [-0.2, 0) is 24.3 Å². The van der Waals surface area contributed by atoms with Crippen molar-refractivity contribution < 1.29 is 9.59 Å². The predicted octanol–water partition coefficient (Wildman–Crippen LogP) is 10.9. The number of fused-ring (bicyclic) bond motifs is 7. The van der Waals surface area contributed by atoms with E-state index in [0.717, 1.165) is 12.3 Å². The number of unbranched alkanes of at least 4 members (excludes halogenated alkanes) is 1. The number of aryl methyl sites for hydroxylation is 1. The number of nitrogens with one attached hydrogen (secondary N) is 1. The van der Waals surface area contributed by atoms with Gasteiger partial charge in [-0.2, -0.15) is 0 Å². The Kier molecular flexibility index (Phi) is 9.61. The highest BCUT2D eigenvalue weighted by Crippen LogP contribution is 2.42. The Labute approximate surface area is 293 Å². The molecule has 4 nitrogen and oxygen atoms in total. The summed E-state index contributed by atoms with van der Waals surface area (Å²) in [6, 6.07) is 38.5. The van der Waals surface area contributed by atoms with Gasteiger partial charge in [0, 0.05) is 29.2 Å². The summed E-state index contributed by atoms with van der Waals surface area (Å²) in [5.41, 5.74) is 7.67. The van der Waals surface area contributed by atoms with Crippen molar-refractivity contribution in [2.24, 2.45) is 5.92 Å². The summed E-state index contributed by atoms with van der Waals surface area (Å²) in [5.74, 6) is 0.362. The van der Waals surface area contributed by atoms with E-state index in [2.05, 4.69) is 90.8 Å². The minimum Gasteiger partial charge on any atom is -0.324 e. The molecule has 1 aliphatic heterocycles. The number of ketones is 1. The highest BCUT2D eigenvalue weighted by atomic mass is 35.5. The molecule has 0 aromatic heterocycles. The van der Waals surface area contributed by atoms with Crippen molar-refractivity contribution in [1.82, 2.24) is 4.90 Å². The molecule has 7 rings (SSSR count). The first-order valence-corrected chi connectivity index (χ1v) is 17.7. The van der Waals surface area contributed by atoms with Crippen LogP contribution in [0.5, 0.6) is 0 Å². The van der Waals surface area contributed by atoms with E-state index in [-0.39, 0.29) is 18.2 Å². The van der Waals surface area contributed by atoms with Crippen molar-refractivity contribution in [3.8, 4) is 11.1 Å². The number of hydrogen-bond donors (Lipinski definition) is 1. The van der Waals surface area contributed by atoms with Gasteiger partial charge in [0.2, 0.25) is 5.91 Å². The monoisotopic (exact) mass is 664 g/mol. The van der Waals surface area contributed by atoms with Gasteiger partial charge in [-0.1, -0.05) is 135 Å². The Hall–Kier alpha value is -4.77. The molecule has 0 spiro atoms. The third-order valence-corrected chi connectivity index (χ3v) is 9.86. The summed E-state index contributed by atoms with van der Waals surface area (Å²) in [4.78, 5) is 29.4. The molecule has 0 saturated carbocycles. The molecular weight excluding hydrogens is 624 g/mol. The molecule has 6 aromatic rings. The Morgan fingerprint density at radius 1 is 0.735 bits per heavy atom. The number of hydrogen-bond acceptors (Lipinski definition) is 3. The third-order valence-electron chi connectivity index (χ3n) is 9.63. The van der Waals surface area contributed by atoms with Gasteiger partial charge in [0.15, 0.2) is 5.78 Å². The van der Waals surface area contributed by atoms with Gasteiger partial charge in [0.05, 0.1) is 12.2 Å². The first-order chi connectivity index (χ1) is 23.8. The summed E-state index contributed by atoms with van der Waals surface area (Å²) in [6.45, 7) is 6.00. The van der Waals surface area contributed by atoms with Gasteiger partial charge >= 0.3 is 0 Å². The summed E-state index contributed by atoms with van der Waals surface area (Å²) >= 11 is 6.32. The van der Waals surface area contributed by atoms with Gasteiger partial charge in [-0.25, -0.2) is 0 Å². The minimum atomic E-state index is -0.186. The second-order valence-corrected chi connectivity index (χ2v) is 14.1. The predicted molar refractivity (Wildman–Crippen MR) is 203 cm³/mol. The van der Waals surface area contributed by atoms with E-state index >= 15 is 0 Å². The largest absolute Gasteiger partial charge is 0.324 e. The first-order valence-electron chi connectivity index (χ1n) is 17.3. The molecule has 0 unspecified atom stereocenters. The average molecular weight is 665 g/mol. The lowest BCUT2D eigenvalue weighted by molar-refractivity contribution is -0.117. The molecule has 1 N–H and O–H groups in total. The fourth-order valence-corrected chi connectivity index (χ4v) is 7.39. The zero-order valence-electron chi connectivity index (χ0n) is 28.1. The Bertz CT molecular complexity index is 2170. The van der Waals surface area contributed by atoms with Gasteiger partial charge in [-0.15, -0.1) is 0 Å². The number of carbonyl (C=O) groups excluding carboxylic acids is 2. The van der Waals surface area contributed by atoms with E-state index in [0.29, 0.717) is 34.9 Å². The molecule has 246 valence electrons. The first kappa shape index (κ1) is 32.8. The number of benzene rings is 6. The van der Waals surface area contributed by atoms with Gasteiger partial charge < -0.3 is 5.32 Å². The van der Waals surface area contributed by atoms with Crippen LogP contribution in [0.2, 0.25) is 5.02 Å². The minimum absolute atomic E-state index is 0.168. The molecule has 1 amide bonds. The quantitative estimate of drug-likeness (QED) is 0.117. The standard InChI is InChI=1S/C44H41ClN2O2/c1-29(2)10-6-7-11-30-16-17-32-19-21-35-27-47(26-34-20-18-31-12-8-9-15-37(31)42(34)43(35)38(32)24-30)28-41(48)46-40-23-22-36(45)25-39(40)44(49)33-13-4-3-5-14-33/h3-5,8-9,12-25,29H,6-7,10-11,26-28H2,1-2H3,(H,46,48). The highest BCUT2D eigenvalue weighted by molar-refractivity contribution is 6.31.